The van der Waals surface area contributed by atoms with E-state index < -0.39 is 5.97 Å². The first-order valence-corrected chi connectivity index (χ1v) is 6.21. The number of aliphatic carboxylic acids is 1. The summed E-state index contributed by atoms with van der Waals surface area (Å²) >= 11 is 0. The fourth-order valence-electron chi connectivity index (χ4n) is 2.02. The molecular weight excluding hydrogens is 231 g/mol. The molecular formula is C13H19BO4. The van der Waals surface area contributed by atoms with E-state index in [9.17, 15) is 4.79 Å². The van der Waals surface area contributed by atoms with Crippen LogP contribution in [0.3, 0.4) is 0 Å². The molecule has 2 rings (SSSR count). The maximum Gasteiger partial charge on any atom is 0.490 e. The highest BCUT2D eigenvalue weighted by atomic mass is 16.7. The van der Waals surface area contributed by atoms with Crippen molar-refractivity contribution in [2.75, 3.05) is 0 Å². The predicted molar refractivity (Wildman–Crippen MR) is 69.1 cm³/mol. The summed E-state index contributed by atoms with van der Waals surface area (Å²) in [6.45, 7) is 8.04. The molecule has 1 aliphatic heterocycles. The van der Waals surface area contributed by atoms with Crippen molar-refractivity contribution in [3.05, 3.63) is 23.2 Å². The van der Waals surface area contributed by atoms with Gasteiger partial charge in [0, 0.05) is 5.57 Å². The Kier molecular flexibility index (Phi) is 3.15. The minimum absolute atomic E-state index is 0.352. The van der Waals surface area contributed by atoms with Crippen LogP contribution >= 0.6 is 0 Å². The fourth-order valence-corrected chi connectivity index (χ4v) is 2.02. The van der Waals surface area contributed by atoms with Crippen LogP contribution in [0.4, 0.5) is 0 Å². The monoisotopic (exact) mass is 250 g/mol. The van der Waals surface area contributed by atoms with Gasteiger partial charge >= 0.3 is 13.1 Å². The lowest BCUT2D eigenvalue weighted by Gasteiger charge is -2.32. The van der Waals surface area contributed by atoms with Crippen LogP contribution in [0.2, 0.25) is 0 Å². The van der Waals surface area contributed by atoms with Gasteiger partial charge in [-0.25, -0.2) is 4.79 Å². The normalized spacial score (nSPS) is 25.7. The Balaban J connectivity index is 2.15. The topological polar surface area (TPSA) is 55.8 Å². The summed E-state index contributed by atoms with van der Waals surface area (Å²) in [6, 6.07) is 0. The van der Waals surface area contributed by atoms with E-state index in [1.807, 2.05) is 33.8 Å². The summed E-state index contributed by atoms with van der Waals surface area (Å²) in [6.07, 6.45) is 4.67. The van der Waals surface area contributed by atoms with Crippen LogP contribution < -0.4 is 0 Å². The largest absolute Gasteiger partial charge is 0.490 e. The van der Waals surface area contributed by atoms with E-state index in [0.29, 0.717) is 18.4 Å². The van der Waals surface area contributed by atoms with Gasteiger partial charge in [-0.05, 0) is 46.0 Å². The molecule has 5 heteroatoms. The number of carboxylic acids is 1. The lowest BCUT2D eigenvalue weighted by atomic mass is 9.73. The van der Waals surface area contributed by atoms with E-state index in [2.05, 4.69) is 0 Å². The van der Waals surface area contributed by atoms with Gasteiger partial charge in [0.1, 0.15) is 0 Å². The first-order chi connectivity index (χ1) is 8.23. The summed E-state index contributed by atoms with van der Waals surface area (Å²) in [5, 5.41) is 8.90. The number of allylic oxidation sites excluding steroid dienone is 3. The van der Waals surface area contributed by atoms with E-state index >= 15 is 0 Å². The van der Waals surface area contributed by atoms with Gasteiger partial charge in [0.2, 0.25) is 0 Å². The van der Waals surface area contributed by atoms with Gasteiger partial charge in [-0.2, -0.15) is 0 Å². The average Bonchev–Trinajstić information content (AvgIpc) is 2.48. The molecule has 1 saturated heterocycles. The highest BCUT2D eigenvalue weighted by Gasteiger charge is 2.52. The lowest BCUT2D eigenvalue weighted by molar-refractivity contribution is -0.132. The van der Waals surface area contributed by atoms with Crippen molar-refractivity contribution in [2.45, 2.75) is 51.7 Å². The van der Waals surface area contributed by atoms with Gasteiger partial charge in [-0.3, -0.25) is 0 Å². The maximum absolute atomic E-state index is 10.8. The zero-order valence-corrected chi connectivity index (χ0v) is 11.3. The molecule has 2 aliphatic rings. The van der Waals surface area contributed by atoms with Crippen LogP contribution in [0, 0.1) is 0 Å². The van der Waals surface area contributed by atoms with Crippen molar-refractivity contribution in [3.8, 4) is 0 Å². The van der Waals surface area contributed by atoms with Crippen LogP contribution in [0.15, 0.2) is 23.2 Å². The zero-order valence-electron chi connectivity index (χ0n) is 11.3. The van der Waals surface area contributed by atoms with Crippen molar-refractivity contribution in [1.29, 1.82) is 0 Å². The Morgan fingerprint density at radius 3 is 2.11 bits per heavy atom. The summed E-state index contributed by atoms with van der Waals surface area (Å²) in [5.74, 6) is -0.848. The lowest BCUT2D eigenvalue weighted by Crippen LogP contribution is -2.41. The molecule has 0 aromatic rings. The van der Waals surface area contributed by atoms with Crippen molar-refractivity contribution < 1.29 is 19.2 Å². The molecule has 18 heavy (non-hydrogen) atoms. The second-order valence-corrected chi connectivity index (χ2v) is 5.83. The van der Waals surface area contributed by atoms with Crippen LogP contribution in [-0.4, -0.2) is 29.4 Å². The van der Waals surface area contributed by atoms with Gasteiger partial charge in [0.15, 0.2) is 0 Å². The summed E-state index contributed by atoms with van der Waals surface area (Å²) in [7, 11) is -0.360. The molecule has 1 aliphatic carbocycles. The molecule has 0 bridgehead atoms. The number of carbonyl (C=O) groups is 1. The minimum Gasteiger partial charge on any atom is -0.478 e. The summed E-state index contributed by atoms with van der Waals surface area (Å²) in [5.41, 5.74) is 0.749. The number of rotatable bonds is 2. The predicted octanol–water partition coefficient (Wildman–Crippen LogP) is 2.35. The maximum atomic E-state index is 10.8. The molecule has 0 amide bonds. The van der Waals surface area contributed by atoms with Gasteiger partial charge in [-0.15, -0.1) is 0 Å². The van der Waals surface area contributed by atoms with E-state index in [1.54, 1.807) is 6.08 Å². The highest BCUT2D eigenvalue weighted by molar-refractivity contribution is 6.54. The minimum atomic E-state index is -0.848. The number of hydrogen-bond donors (Lipinski definition) is 1. The molecule has 0 radical (unpaired) electrons. The molecule has 98 valence electrons. The third kappa shape index (κ3) is 2.25. The molecule has 0 spiro atoms. The Hall–Kier alpha value is -1.07. The Morgan fingerprint density at radius 1 is 1.17 bits per heavy atom. The number of hydrogen-bond acceptors (Lipinski definition) is 3. The van der Waals surface area contributed by atoms with Crippen LogP contribution in [-0.2, 0) is 14.1 Å². The first-order valence-electron chi connectivity index (χ1n) is 6.21. The van der Waals surface area contributed by atoms with Gasteiger partial charge in [0.25, 0.3) is 0 Å². The molecule has 0 saturated carbocycles. The molecule has 1 heterocycles. The highest BCUT2D eigenvalue weighted by Crippen LogP contribution is 2.39. The second-order valence-electron chi connectivity index (χ2n) is 5.83. The first kappa shape index (κ1) is 13.4. The SMILES string of the molecule is CC1(C)OB(C2=CC=C(C(=O)O)CC2)OC1(C)C. The van der Waals surface area contributed by atoms with Gasteiger partial charge in [0.05, 0.1) is 11.2 Å². The van der Waals surface area contributed by atoms with Crippen molar-refractivity contribution >= 4 is 13.1 Å². The molecule has 0 atom stereocenters. The van der Waals surface area contributed by atoms with Crippen LogP contribution in [0.5, 0.6) is 0 Å². The Morgan fingerprint density at radius 2 is 1.72 bits per heavy atom. The van der Waals surface area contributed by atoms with E-state index in [1.165, 1.54) is 0 Å². The Bertz CT molecular complexity index is 418. The molecule has 1 fully saturated rings. The van der Waals surface area contributed by atoms with E-state index in [4.69, 9.17) is 14.4 Å². The van der Waals surface area contributed by atoms with E-state index in [-0.39, 0.29) is 18.3 Å². The molecule has 0 aromatic carbocycles. The van der Waals surface area contributed by atoms with Crippen molar-refractivity contribution in [1.82, 2.24) is 0 Å². The second kappa shape index (κ2) is 4.25. The van der Waals surface area contributed by atoms with Gasteiger partial charge < -0.3 is 14.4 Å². The van der Waals surface area contributed by atoms with Crippen LogP contribution in [0.1, 0.15) is 40.5 Å². The average molecular weight is 250 g/mol. The van der Waals surface area contributed by atoms with Gasteiger partial charge in [-0.1, -0.05) is 12.2 Å². The van der Waals surface area contributed by atoms with E-state index in [0.717, 1.165) is 5.47 Å². The smallest absolute Gasteiger partial charge is 0.478 e. The summed E-state index contributed by atoms with van der Waals surface area (Å²) in [4.78, 5) is 10.8. The molecule has 0 aromatic heterocycles. The van der Waals surface area contributed by atoms with Crippen molar-refractivity contribution in [2.24, 2.45) is 0 Å². The quantitative estimate of drug-likeness (QED) is 0.764. The fraction of sp³-hybridized carbons (Fsp3) is 0.615. The molecule has 1 N–H and O–H groups in total. The molecule has 0 unspecified atom stereocenters. The third-order valence-electron chi connectivity index (χ3n) is 4.01. The third-order valence-corrected chi connectivity index (χ3v) is 4.01. The number of carboxylic acid groups (broad SMARTS) is 1. The zero-order chi connectivity index (χ0) is 13.6. The summed E-state index contributed by atoms with van der Waals surface area (Å²) < 4.78 is 11.9. The van der Waals surface area contributed by atoms with Crippen LogP contribution in [0.25, 0.3) is 0 Å². The Labute approximate surface area is 108 Å². The molecule has 4 nitrogen and oxygen atoms in total. The standard InChI is InChI=1S/C13H19BO4/c1-12(2)13(3,4)18-14(17-12)10-7-5-9(6-8-10)11(15)16/h5,7H,6,8H2,1-4H3,(H,15,16). The van der Waals surface area contributed by atoms with Crippen molar-refractivity contribution in [3.63, 3.8) is 0 Å².